The highest BCUT2D eigenvalue weighted by Gasteiger charge is 2.17. The van der Waals surface area contributed by atoms with Crippen LogP contribution in [0.2, 0.25) is 0 Å². The van der Waals surface area contributed by atoms with E-state index in [1.807, 2.05) is 5.38 Å². The van der Waals surface area contributed by atoms with Crippen molar-refractivity contribution in [2.24, 2.45) is 0 Å². The Morgan fingerprint density at radius 1 is 1.22 bits per heavy atom. The summed E-state index contributed by atoms with van der Waals surface area (Å²) >= 11 is 1.47. The van der Waals surface area contributed by atoms with Crippen LogP contribution in [-0.2, 0) is 16.8 Å². The van der Waals surface area contributed by atoms with Gasteiger partial charge in [-0.3, -0.25) is 14.2 Å². The lowest BCUT2D eigenvalue weighted by Crippen LogP contribution is -2.24. The van der Waals surface area contributed by atoms with Gasteiger partial charge in [-0.1, -0.05) is 45.0 Å². The van der Waals surface area contributed by atoms with Gasteiger partial charge in [0, 0.05) is 23.9 Å². The molecule has 3 aromatic rings. The van der Waals surface area contributed by atoms with Crippen LogP contribution in [-0.4, -0.2) is 20.6 Å². The Morgan fingerprint density at radius 2 is 1.89 bits per heavy atom. The summed E-state index contributed by atoms with van der Waals surface area (Å²) in [4.78, 5) is 29.2. The van der Waals surface area contributed by atoms with Crippen LogP contribution in [0.3, 0.4) is 0 Å². The smallest absolute Gasteiger partial charge is 0.303 e. The number of carbonyl (C=O) groups is 1. The van der Waals surface area contributed by atoms with Crippen molar-refractivity contribution in [2.75, 3.05) is 0 Å². The highest BCUT2D eigenvalue weighted by Crippen LogP contribution is 2.32. The number of hydrogen-bond donors (Lipinski definition) is 1. The monoisotopic (exact) mass is 384 g/mol. The van der Waals surface area contributed by atoms with E-state index in [1.54, 1.807) is 11.5 Å². The van der Waals surface area contributed by atoms with Crippen molar-refractivity contribution in [2.45, 2.75) is 52.5 Å². The predicted octanol–water partition coefficient (Wildman–Crippen LogP) is 4.60. The number of fused-ring (bicyclic) bond motifs is 1. The number of aliphatic carboxylic acids is 1. The standard InChI is InChI=1S/C21H24N2O3S/c1-13-22-19-18(20(26)23(13)11-5-6-17(24)25)16(12-27-19)14-7-9-15(10-8-14)21(2,3)4/h7-10,12H,5-6,11H2,1-4H3,(H,24,25). The molecule has 2 aromatic heterocycles. The first-order valence-corrected chi connectivity index (χ1v) is 9.88. The quantitative estimate of drug-likeness (QED) is 0.698. The molecule has 6 heteroatoms. The van der Waals surface area contributed by atoms with E-state index in [0.717, 1.165) is 16.0 Å². The zero-order chi connectivity index (χ0) is 19.8. The van der Waals surface area contributed by atoms with Crippen molar-refractivity contribution in [1.29, 1.82) is 0 Å². The van der Waals surface area contributed by atoms with Crippen LogP contribution in [0, 0.1) is 6.92 Å². The van der Waals surface area contributed by atoms with E-state index in [0.29, 0.717) is 24.2 Å². The maximum absolute atomic E-state index is 13.1. The first-order chi connectivity index (χ1) is 12.7. The molecule has 0 saturated carbocycles. The minimum absolute atomic E-state index is 0.0364. The largest absolute Gasteiger partial charge is 0.481 e. The van der Waals surface area contributed by atoms with Gasteiger partial charge in [-0.05, 0) is 29.9 Å². The molecule has 142 valence electrons. The average Bonchev–Trinajstić information content (AvgIpc) is 3.00. The van der Waals surface area contributed by atoms with Crippen LogP contribution in [0.25, 0.3) is 21.3 Å². The zero-order valence-corrected chi connectivity index (χ0v) is 16.9. The minimum Gasteiger partial charge on any atom is -0.481 e. The topological polar surface area (TPSA) is 72.2 Å². The molecule has 0 bridgehead atoms. The number of nitrogens with zero attached hydrogens (tertiary/aromatic N) is 2. The molecule has 0 unspecified atom stereocenters. The summed E-state index contributed by atoms with van der Waals surface area (Å²) in [6.07, 6.45) is 0.442. The van der Waals surface area contributed by atoms with Crippen molar-refractivity contribution >= 4 is 27.5 Å². The Kier molecular flexibility index (Phi) is 5.20. The number of thiophene rings is 1. The molecule has 0 amide bonds. The van der Waals surface area contributed by atoms with Gasteiger partial charge < -0.3 is 5.11 Å². The third-order valence-electron chi connectivity index (χ3n) is 4.72. The lowest BCUT2D eigenvalue weighted by Gasteiger charge is -2.19. The van der Waals surface area contributed by atoms with Crippen molar-refractivity contribution in [3.8, 4) is 11.1 Å². The second kappa shape index (κ2) is 7.27. The third-order valence-corrected chi connectivity index (χ3v) is 5.59. The van der Waals surface area contributed by atoms with Crippen molar-refractivity contribution in [3.05, 3.63) is 51.4 Å². The van der Waals surface area contributed by atoms with E-state index in [4.69, 9.17) is 5.11 Å². The number of carboxylic acids is 1. The van der Waals surface area contributed by atoms with E-state index < -0.39 is 5.97 Å². The maximum Gasteiger partial charge on any atom is 0.303 e. The number of rotatable bonds is 5. The minimum atomic E-state index is -0.857. The Balaban J connectivity index is 2.05. The molecular weight excluding hydrogens is 360 g/mol. The van der Waals surface area contributed by atoms with Gasteiger partial charge in [0.1, 0.15) is 10.7 Å². The zero-order valence-electron chi connectivity index (χ0n) is 16.1. The van der Waals surface area contributed by atoms with Crippen molar-refractivity contribution in [1.82, 2.24) is 9.55 Å². The number of benzene rings is 1. The van der Waals surface area contributed by atoms with Crippen LogP contribution in [0.4, 0.5) is 0 Å². The van der Waals surface area contributed by atoms with Gasteiger partial charge in [0.15, 0.2) is 0 Å². The predicted molar refractivity (Wildman–Crippen MR) is 110 cm³/mol. The van der Waals surface area contributed by atoms with E-state index in [1.165, 1.54) is 16.9 Å². The highest BCUT2D eigenvalue weighted by molar-refractivity contribution is 7.17. The van der Waals surface area contributed by atoms with Crippen LogP contribution >= 0.6 is 11.3 Å². The SMILES string of the molecule is Cc1nc2scc(-c3ccc(C(C)(C)C)cc3)c2c(=O)n1CCCC(=O)O. The second-order valence-corrected chi connectivity index (χ2v) is 8.63. The lowest BCUT2D eigenvalue weighted by molar-refractivity contribution is -0.137. The fourth-order valence-electron chi connectivity index (χ4n) is 3.14. The molecule has 27 heavy (non-hydrogen) atoms. The Bertz CT molecular complexity index is 1040. The first-order valence-electron chi connectivity index (χ1n) is 9.00. The molecule has 0 aliphatic heterocycles. The number of hydrogen-bond acceptors (Lipinski definition) is 4. The Labute approximate surface area is 162 Å². The molecule has 0 spiro atoms. The van der Waals surface area contributed by atoms with E-state index in [2.05, 4.69) is 50.0 Å². The molecule has 0 atom stereocenters. The Hall–Kier alpha value is -2.47. The molecular formula is C21H24N2O3S. The molecule has 2 heterocycles. The van der Waals surface area contributed by atoms with Crippen LogP contribution < -0.4 is 5.56 Å². The molecule has 0 fully saturated rings. The normalized spacial score (nSPS) is 11.9. The van der Waals surface area contributed by atoms with Crippen molar-refractivity contribution < 1.29 is 9.90 Å². The van der Waals surface area contributed by atoms with Crippen LogP contribution in [0.15, 0.2) is 34.4 Å². The molecule has 1 N–H and O–H groups in total. The van der Waals surface area contributed by atoms with E-state index in [-0.39, 0.29) is 17.4 Å². The summed E-state index contributed by atoms with van der Waals surface area (Å²) in [6.45, 7) is 8.66. The maximum atomic E-state index is 13.1. The second-order valence-electron chi connectivity index (χ2n) is 7.77. The number of aryl methyl sites for hydroxylation is 1. The van der Waals surface area contributed by atoms with Crippen LogP contribution in [0.1, 0.15) is 45.0 Å². The molecule has 0 radical (unpaired) electrons. The van der Waals surface area contributed by atoms with Gasteiger partial charge >= 0.3 is 5.97 Å². The summed E-state index contributed by atoms with van der Waals surface area (Å²) in [5.41, 5.74) is 3.10. The Morgan fingerprint density at radius 3 is 2.48 bits per heavy atom. The summed E-state index contributed by atoms with van der Waals surface area (Å²) in [7, 11) is 0. The fourth-order valence-corrected chi connectivity index (χ4v) is 4.12. The highest BCUT2D eigenvalue weighted by atomic mass is 32.1. The van der Waals surface area contributed by atoms with Crippen molar-refractivity contribution in [3.63, 3.8) is 0 Å². The van der Waals surface area contributed by atoms with E-state index in [9.17, 15) is 9.59 Å². The fraction of sp³-hybridized carbons (Fsp3) is 0.381. The van der Waals surface area contributed by atoms with Gasteiger partial charge in [0.05, 0.1) is 5.39 Å². The molecule has 3 rings (SSSR count). The number of carboxylic acid groups (broad SMARTS) is 1. The number of aromatic nitrogens is 2. The summed E-state index contributed by atoms with van der Waals surface area (Å²) in [6, 6.07) is 8.31. The van der Waals surface area contributed by atoms with Gasteiger partial charge in [-0.15, -0.1) is 11.3 Å². The van der Waals surface area contributed by atoms with Gasteiger partial charge in [-0.25, -0.2) is 4.98 Å². The summed E-state index contributed by atoms with van der Waals surface area (Å²) < 4.78 is 1.59. The molecule has 1 aromatic carbocycles. The molecule has 0 saturated heterocycles. The first kappa shape index (κ1) is 19.3. The lowest BCUT2D eigenvalue weighted by atomic mass is 9.86. The summed E-state index contributed by atoms with van der Waals surface area (Å²) in [5.74, 6) is -0.237. The third kappa shape index (κ3) is 3.95. The molecule has 0 aliphatic rings. The molecule has 5 nitrogen and oxygen atoms in total. The molecule has 0 aliphatic carbocycles. The van der Waals surface area contributed by atoms with E-state index >= 15 is 0 Å². The summed E-state index contributed by atoms with van der Waals surface area (Å²) in [5, 5.41) is 11.4. The average molecular weight is 385 g/mol. The van der Waals surface area contributed by atoms with Crippen LogP contribution in [0.5, 0.6) is 0 Å². The van der Waals surface area contributed by atoms with Gasteiger partial charge in [0.25, 0.3) is 5.56 Å². The van der Waals surface area contributed by atoms with Gasteiger partial charge in [-0.2, -0.15) is 0 Å². The van der Waals surface area contributed by atoms with Gasteiger partial charge in [0.2, 0.25) is 0 Å².